The summed E-state index contributed by atoms with van der Waals surface area (Å²) in [5.41, 5.74) is -0.182. The Bertz CT molecular complexity index is 1120. The molecule has 9 heteroatoms. The minimum absolute atomic E-state index is 0.0609. The maximum atomic E-state index is 12.2. The minimum Gasteiger partial charge on any atom is -0.502 e. The van der Waals surface area contributed by atoms with E-state index < -0.39 is 29.7 Å². The van der Waals surface area contributed by atoms with Gasteiger partial charge in [0, 0.05) is 16.7 Å². The van der Waals surface area contributed by atoms with Crippen molar-refractivity contribution in [1.29, 1.82) is 0 Å². The second-order valence-corrected chi connectivity index (χ2v) is 7.18. The van der Waals surface area contributed by atoms with Gasteiger partial charge in [-0.1, -0.05) is 23.2 Å². The van der Waals surface area contributed by atoms with Gasteiger partial charge in [-0.25, -0.2) is 0 Å². The van der Waals surface area contributed by atoms with Crippen LogP contribution in [0.25, 0.3) is 11.3 Å². The SMILES string of the molecule is CCOC(=O)C[C@@H](c1ccc(-c2ccc(Cl)cc2Cl)o1)c1oc(CO)cc(=O)c1O. The summed E-state index contributed by atoms with van der Waals surface area (Å²) in [7, 11) is 0. The molecule has 0 saturated carbocycles. The predicted octanol–water partition coefficient (Wildman–Crippen LogP) is 4.49. The van der Waals surface area contributed by atoms with E-state index in [4.69, 9.17) is 36.8 Å². The van der Waals surface area contributed by atoms with Crippen LogP contribution in [0.1, 0.15) is 36.5 Å². The average molecular weight is 453 g/mol. The molecular formula is C21H18Cl2O7. The Kier molecular flexibility index (Phi) is 6.87. The number of halogens is 2. The number of aliphatic hydroxyl groups excluding tert-OH is 1. The topological polar surface area (TPSA) is 110 Å². The van der Waals surface area contributed by atoms with Crippen LogP contribution in [0.4, 0.5) is 0 Å². The third kappa shape index (κ3) is 4.70. The van der Waals surface area contributed by atoms with E-state index in [1.54, 1.807) is 37.3 Å². The molecule has 0 spiro atoms. The third-order valence-electron chi connectivity index (χ3n) is 4.32. The number of aromatic hydroxyl groups is 1. The molecule has 3 aromatic rings. The van der Waals surface area contributed by atoms with Crippen molar-refractivity contribution in [1.82, 2.24) is 0 Å². The van der Waals surface area contributed by atoms with Crippen LogP contribution in [0.15, 0.2) is 50.0 Å². The summed E-state index contributed by atoms with van der Waals surface area (Å²) in [6.07, 6.45) is -0.263. The molecule has 7 nitrogen and oxygen atoms in total. The lowest BCUT2D eigenvalue weighted by atomic mass is 9.98. The molecule has 30 heavy (non-hydrogen) atoms. The zero-order valence-electron chi connectivity index (χ0n) is 15.9. The minimum atomic E-state index is -0.969. The number of rotatable bonds is 7. The highest BCUT2D eigenvalue weighted by molar-refractivity contribution is 6.36. The van der Waals surface area contributed by atoms with Gasteiger partial charge in [-0.3, -0.25) is 9.59 Å². The molecule has 3 rings (SSSR count). The zero-order chi connectivity index (χ0) is 21.8. The first-order valence-corrected chi connectivity index (χ1v) is 9.77. The van der Waals surface area contributed by atoms with Crippen molar-refractivity contribution in [2.75, 3.05) is 6.61 Å². The van der Waals surface area contributed by atoms with Crippen molar-refractivity contribution in [3.05, 3.63) is 73.9 Å². The maximum Gasteiger partial charge on any atom is 0.306 e. The number of aliphatic hydroxyl groups is 1. The Labute approximate surface area is 181 Å². The summed E-state index contributed by atoms with van der Waals surface area (Å²) < 4.78 is 16.4. The molecule has 2 aromatic heterocycles. The number of furan rings is 1. The summed E-state index contributed by atoms with van der Waals surface area (Å²) in [6, 6.07) is 9.07. The lowest BCUT2D eigenvalue weighted by molar-refractivity contribution is -0.143. The lowest BCUT2D eigenvalue weighted by Gasteiger charge is -2.15. The van der Waals surface area contributed by atoms with E-state index in [1.165, 1.54) is 0 Å². The molecule has 0 unspecified atom stereocenters. The summed E-state index contributed by atoms with van der Waals surface area (Å²) in [6.45, 7) is 1.25. The van der Waals surface area contributed by atoms with E-state index in [0.717, 1.165) is 6.07 Å². The van der Waals surface area contributed by atoms with Gasteiger partial charge in [0.1, 0.15) is 23.9 Å². The first-order chi connectivity index (χ1) is 14.3. The molecule has 0 fully saturated rings. The Balaban J connectivity index is 2.08. The number of hydrogen-bond donors (Lipinski definition) is 2. The van der Waals surface area contributed by atoms with E-state index in [9.17, 15) is 19.8 Å². The summed E-state index contributed by atoms with van der Waals surface area (Å²) in [5, 5.41) is 20.4. The fourth-order valence-corrected chi connectivity index (χ4v) is 3.45. The van der Waals surface area contributed by atoms with Gasteiger partial charge < -0.3 is 23.8 Å². The van der Waals surface area contributed by atoms with E-state index in [1.807, 2.05) is 0 Å². The van der Waals surface area contributed by atoms with Gasteiger partial charge in [0.15, 0.2) is 5.76 Å². The van der Waals surface area contributed by atoms with Crippen LogP contribution in [0.3, 0.4) is 0 Å². The van der Waals surface area contributed by atoms with Crippen LogP contribution < -0.4 is 5.43 Å². The monoisotopic (exact) mass is 452 g/mol. The van der Waals surface area contributed by atoms with Gasteiger partial charge in [0.25, 0.3) is 0 Å². The van der Waals surface area contributed by atoms with Crippen molar-refractivity contribution in [3.8, 4) is 17.1 Å². The highest BCUT2D eigenvalue weighted by Gasteiger charge is 2.29. The van der Waals surface area contributed by atoms with Crippen molar-refractivity contribution in [3.63, 3.8) is 0 Å². The first-order valence-electron chi connectivity index (χ1n) is 9.01. The van der Waals surface area contributed by atoms with Crippen molar-refractivity contribution < 1.29 is 28.6 Å². The largest absolute Gasteiger partial charge is 0.502 e. The lowest BCUT2D eigenvalue weighted by Crippen LogP contribution is -2.14. The summed E-state index contributed by atoms with van der Waals surface area (Å²) in [5.74, 6) is -1.87. The second-order valence-electron chi connectivity index (χ2n) is 6.34. The number of carbonyl (C=O) groups excluding carboxylic acids is 1. The van der Waals surface area contributed by atoms with Gasteiger partial charge >= 0.3 is 5.97 Å². The molecular weight excluding hydrogens is 435 g/mol. The predicted molar refractivity (Wildman–Crippen MR) is 110 cm³/mol. The summed E-state index contributed by atoms with van der Waals surface area (Å²) in [4.78, 5) is 24.2. The first kappa shape index (κ1) is 22.0. The molecule has 2 heterocycles. The fourth-order valence-electron chi connectivity index (χ4n) is 2.95. The molecule has 0 saturated heterocycles. The molecule has 0 radical (unpaired) electrons. The van der Waals surface area contributed by atoms with Crippen LogP contribution in [0, 0.1) is 0 Å². The van der Waals surface area contributed by atoms with Crippen LogP contribution in [0.5, 0.6) is 5.75 Å². The molecule has 0 aliphatic heterocycles. The number of benzene rings is 1. The number of ether oxygens (including phenoxy) is 1. The van der Waals surface area contributed by atoms with E-state index >= 15 is 0 Å². The number of esters is 1. The Morgan fingerprint density at radius 2 is 1.93 bits per heavy atom. The van der Waals surface area contributed by atoms with Gasteiger partial charge in [-0.2, -0.15) is 0 Å². The molecule has 0 aliphatic carbocycles. The Hall–Kier alpha value is -2.74. The molecule has 0 bridgehead atoms. The fraction of sp³-hybridized carbons (Fsp3) is 0.238. The number of hydrogen-bond acceptors (Lipinski definition) is 7. The quantitative estimate of drug-likeness (QED) is 0.508. The average Bonchev–Trinajstić information content (AvgIpc) is 3.18. The molecule has 158 valence electrons. The standard InChI is InChI=1S/C21H18Cl2O7/c1-2-28-19(26)9-14(21-20(27)16(25)8-12(10-24)29-21)18-6-5-17(30-18)13-4-3-11(22)7-15(13)23/h3-8,14,24,27H,2,9-10H2,1H3/t14-/m0/s1. The maximum absolute atomic E-state index is 12.2. The summed E-state index contributed by atoms with van der Waals surface area (Å²) >= 11 is 12.2. The van der Waals surface area contributed by atoms with E-state index in [2.05, 4.69) is 0 Å². The van der Waals surface area contributed by atoms with Crippen LogP contribution >= 0.6 is 23.2 Å². The van der Waals surface area contributed by atoms with Gasteiger partial charge in [-0.05, 0) is 37.3 Å². The van der Waals surface area contributed by atoms with Crippen LogP contribution in [0.2, 0.25) is 10.0 Å². The smallest absolute Gasteiger partial charge is 0.306 e. The third-order valence-corrected chi connectivity index (χ3v) is 4.86. The number of carbonyl (C=O) groups is 1. The van der Waals surface area contributed by atoms with Gasteiger partial charge in [-0.15, -0.1) is 0 Å². The van der Waals surface area contributed by atoms with E-state index in [0.29, 0.717) is 21.4 Å². The van der Waals surface area contributed by atoms with Crippen LogP contribution in [-0.2, 0) is 16.1 Å². The normalized spacial score (nSPS) is 12.0. The Morgan fingerprint density at radius 3 is 2.60 bits per heavy atom. The molecule has 2 N–H and O–H groups in total. The molecule has 1 aromatic carbocycles. The van der Waals surface area contributed by atoms with Gasteiger partial charge in [0.05, 0.1) is 24.0 Å². The molecule has 0 aliphatic rings. The Morgan fingerprint density at radius 1 is 1.17 bits per heavy atom. The highest BCUT2D eigenvalue weighted by atomic mass is 35.5. The molecule has 1 atom stereocenters. The zero-order valence-corrected chi connectivity index (χ0v) is 17.4. The van der Waals surface area contributed by atoms with Gasteiger partial charge in [0.2, 0.25) is 11.2 Å². The van der Waals surface area contributed by atoms with Crippen molar-refractivity contribution in [2.24, 2.45) is 0 Å². The van der Waals surface area contributed by atoms with Crippen molar-refractivity contribution >= 4 is 29.2 Å². The molecule has 0 amide bonds. The van der Waals surface area contributed by atoms with Crippen LogP contribution in [-0.4, -0.2) is 22.8 Å². The van der Waals surface area contributed by atoms with Crippen molar-refractivity contribution in [2.45, 2.75) is 25.9 Å². The second kappa shape index (κ2) is 9.38. The van der Waals surface area contributed by atoms with E-state index in [-0.39, 0.29) is 30.3 Å². The highest BCUT2D eigenvalue weighted by Crippen LogP contribution is 2.38.